The van der Waals surface area contributed by atoms with E-state index in [4.69, 9.17) is 9.47 Å². The van der Waals surface area contributed by atoms with Crippen LogP contribution in [0, 0.1) is 5.82 Å². The molecule has 3 N–H and O–H groups in total. The Morgan fingerprint density at radius 2 is 1.76 bits per heavy atom. The highest BCUT2D eigenvalue weighted by Gasteiger charge is 2.19. The molecule has 0 spiro atoms. The third-order valence-corrected chi connectivity index (χ3v) is 4.39. The molecule has 0 radical (unpaired) electrons. The Kier molecular flexibility index (Phi) is 3.72. The number of aromatic amines is 2. The minimum atomic E-state index is -0.219. The first-order valence-electron chi connectivity index (χ1n) is 7.93. The molecule has 2 aliphatic rings. The number of nitrogens with one attached hydrogen (secondary N) is 3. The minimum absolute atomic E-state index is 0.219. The van der Waals surface area contributed by atoms with E-state index in [-0.39, 0.29) is 5.82 Å². The molecule has 2 aromatic rings. The van der Waals surface area contributed by atoms with Crippen molar-refractivity contribution in [2.24, 2.45) is 0 Å². The smallest absolute Gasteiger partial charge is 0.161 e. The monoisotopic (exact) mass is 339 g/mol. The molecule has 0 saturated heterocycles. The van der Waals surface area contributed by atoms with E-state index in [2.05, 4.69) is 21.6 Å². The summed E-state index contributed by atoms with van der Waals surface area (Å²) in [5.41, 5.74) is 2.58. The van der Waals surface area contributed by atoms with Crippen LogP contribution in [0.1, 0.15) is 5.56 Å². The summed E-state index contributed by atoms with van der Waals surface area (Å²) < 4.78 is 24.5. The second-order valence-electron chi connectivity index (χ2n) is 5.80. The summed E-state index contributed by atoms with van der Waals surface area (Å²) in [6.07, 6.45) is 0. The number of aromatic nitrogens is 2. The fourth-order valence-corrected chi connectivity index (χ4v) is 3.09. The summed E-state index contributed by atoms with van der Waals surface area (Å²) >= 11 is 0. The highest BCUT2D eigenvalue weighted by atomic mass is 19.1. The Labute approximate surface area is 144 Å². The van der Waals surface area contributed by atoms with Gasteiger partial charge in [0.15, 0.2) is 11.5 Å². The number of anilines is 1. The molecule has 0 bridgehead atoms. The lowest BCUT2D eigenvalue weighted by molar-refractivity contribution is 0.356. The molecule has 0 saturated carbocycles. The Morgan fingerprint density at radius 1 is 1.00 bits per heavy atom. The van der Waals surface area contributed by atoms with Crippen molar-refractivity contribution in [1.29, 1.82) is 0 Å². The zero-order valence-electron chi connectivity index (χ0n) is 13.9. The number of benzene rings is 2. The number of hydrogen-bond donors (Lipinski definition) is 3. The van der Waals surface area contributed by atoms with Gasteiger partial charge in [-0.1, -0.05) is 18.2 Å². The number of rotatable bonds is 5. The Bertz CT molecular complexity index is 1010. The maximum absolute atomic E-state index is 13.8. The molecular formula is C19H18FN3O2. The van der Waals surface area contributed by atoms with E-state index in [0.717, 1.165) is 27.8 Å². The van der Waals surface area contributed by atoms with E-state index in [9.17, 15) is 4.39 Å². The number of methoxy groups -OCH3 is 2. The lowest BCUT2D eigenvalue weighted by Crippen LogP contribution is -2.02. The van der Waals surface area contributed by atoms with Gasteiger partial charge in [0.25, 0.3) is 0 Å². The van der Waals surface area contributed by atoms with Crippen LogP contribution >= 0.6 is 0 Å². The van der Waals surface area contributed by atoms with Crippen molar-refractivity contribution < 1.29 is 13.9 Å². The molecule has 6 heteroatoms. The summed E-state index contributed by atoms with van der Waals surface area (Å²) in [4.78, 5) is 0. The lowest BCUT2D eigenvalue weighted by atomic mass is 10.2. The SMILES string of the molecule is COc1cc2cc3c(NCc4ccccc4F)[nH][nH]c-3c2cc1OC. The number of ether oxygens (including phenoxy) is 2. The van der Waals surface area contributed by atoms with Crippen LogP contribution in [-0.2, 0) is 6.54 Å². The predicted molar refractivity (Wildman–Crippen MR) is 96.1 cm³/mol. The number of halogens is 1. The first kappa shape index (κ1) is 15.4. The molecule has 5 nitrogen and oxygen atoms in total. The van der Waals surface area contributed by atoms with Gasteiger partial charge in [0.2, 0.25) is 0 Å². The van der Waals surface area contributed by atoms with Crippen molar-refractivity contribution in [3.05, 3.63) is 53.8 Å². The molecule has 1 heterocycles. The van der Waals surface area contributed by atoms with Crippen molar-refractivity contribution in [2.75, 3.05) is 19.5 Å². The topological polar surface area (TPSA) is 62.1 Å². The summed E-state index contributed by atoms with van der Waals surface area (Å²) in [6, 6.07) is 12.7. The third-order valence-electron chi connectivity index (χ3n) is 4.39. The van der Waals surface area contributed by atoms with Crippen LogP contribution in [0.3, 0.4) is 0 Å². The van der Waals surface area contributed by atoms with Gasteiger partial charge in [0.1, 0.15) is 11.6 Å². The molecule has 2 aromatic carbocycles. The Balaban J connectivity index is 1.69. The summed E-state index contributed by atoms with van der Waals surface area (Å²) in [6.45, 7) is 0.393. The normalized spacial score (nSPS) is 11.2. The predicted octanol–water partition coefficient (Wildman–Crippen LogP) is 4.37. The van der Waals surface area contributed by atoms with Crippen LogP contribution in [0.15, 0.2) is 42.5 Å². The highest BCUT2D eigenvalue weighted by Crippen LogP contribution is 2.42. The molecule has 1 aliphatic carbocycles. The molecule has 128 valence electrons. The molecule has 0 atom stereocenters. The van der Waals surface area contributed by atoms with Gasteiger partial charge >= 0.3 is 0 Å². The van der Waals surface area contributed by atoms with E-state index in [1.807, 2.05) is 18.2 Å². The van der Waals surface area contributed by atoms with Crippen molar-refractivity contribution in [3.63, 3.8) is 0 Å². The van der Waals surface area contributed by atoms with Crippen LogP contribution in [0.2, 0.25) is 0 Å². The molecule has 0 unspecified atom stereocenters. The number of fused-ring (bicyclic) bond motifs is 3. The average molecular weight is 339 g/mol. The number of H-pyrrole nitrogens is 2. The molecule has 0 aromatic heterocycles. The van der Waals surface area contributed by atoms with Gasteiger partial charge in [0.05, 0.1) is 19.9 Å². The summed E-state index contributed by atoms with van der Waals surface area (Å²) in [5, 5.41) is 11.6. The van der Waals surface area contributed by atoms with Crippen LogP contribution in [-0.4, -0.2) is 24.4 Å². The zero-order valence-corrected chi connectivity index (χ0v) is 13.9. The van der Waals surface area contributed by atoms with E-state index in [1.54, 1.807) is 26.4 Å². The largest absolute Gasteiger partial charge is 0.493 e. The van der Waals surface area contributed by atoms with Crippen LogP contribution in [0.25, 0.3) is 22.0 Å². The van der Waals surface area contributed by atoms with Crippen LogP contribution < -0.4 is 14.8 Å². The van der Waals surface area contributed by atoms with Gasteiger partial charge in [-0.05, 0) is 29.7 Å². The van der Waals surface area contributed by atoms with Crippen molar-refractivity contribution in [1.82, 2.24) is 10.2 Å². The molecule has 4 rings (SSSR count). The fourth-order valence-electron chi connectivity index (χ4n) is 3.09. The molecule has 25 heavy (non-hydrogen) atoms. The third kappa shape index (κ3) is 2.55. The lowest BCUT2D eigenvalue weighted by Gasteiger charge is -2.07. The van der Waals surface area contributed by atoms with Crippen molar-refractivity contribution >= 4 is 16.6 Å². The maximum Gasteiger partial charge on any atom is 0.161 e. The molecule has 0 amide bonds. The van der Waals surface area contributed by atoms with Gasteiger partial charge in [-0.25, -0.2) is 4.39 Å². The van der Waals surface area contributed by atoms with Gasteiger partial charge in [-0.15, -0.1) is 0 Å². The maximum atomic E-state index is 13.8. The quantitative estimate of drug-likeness (QED) is 0.506. The van der Waals surface area contributed by atoms with Gasteiger partial charge < -0.3 is 14.8 Å². The van der Waals surface area contributed by atoms with Gasteiger partial charge in [-0.2, -0.15) is 0 Å². The van der Waals surface area contributed by atoms with Crippen molar-refractivity contribution in [2.45, 2.75) is 6.54 Å². The van der Waals surface area contributed by atoms with E-state index < -0.39 is 0 Å². The van der Waals surface area contributed by atoms with E-state index in [0.29, 0.717) is 23.6 Å². The first-order valence-corrected chi connectivity index (χ1v) is 7.93. The summed E-state index contributed by atoms with van der Waals surface area (Å²) in [7, 11) is 3.24. The second-order valence-corrected chi connectivity index (χ2v) is 5.80. The zero-order chi connectivity index (χ0) is 17.4. The molecule has 1 aliphatic heterocycles. The minimum Gasteiger partial charge on any atom is -0.493 e. The number of hydrogen-bond acceptors (Lipinski definition) is 3. The average Bonchev–Trinajstić information content (AvgIpc) is 3.18. The van der Waals surface area contributed by atoms with E-state index in [1.165, 1.54) is 6.07 Å². The highest BCUT2D eigenvalue weighted by molar-refractivity contribution is 6.05. The second kappa shape index (κ2) is 6.05. The first-order chi connectivity index (χ1) is 12.2. The molecule has 0 fully saturated rings. The van der Waals surface area contributed by atoms with Gasteiger partial charge in [-0.3, -0.25) is 10.2 Å². The van der Waals surface area contributed by atoms with Crippen molar-refractivity contribution in [3.8, 4) is 22.8 Å². The Hall–Kier alpha value is -3.15. The standard InChI is InChI=1S/C19H18FN3O2/c1-24-16-8-12-7-14-18(13(12)9-17(16)25-2)22-23-19(14)21-10-11-5-3-4-6-15(11)20/h3-9,21-23H,10H2,1-2H3. The molecular weight excluding hydrogens is 321 g/mol. The van der Waals surface area contributed by atoms with Crippen LogP contribution in [0.5, 0.6) is 11.5 Å². The van der Waals surface area contributed by atoms with Crippen LogP contribution in [0.4, 0.5) is 10.2 Å². The van der Waals surface area contributed by atoms with Gasteiger partial charge in [0, 0.05) is 23.1 Å². The van der Waals surface area contributed by atoms with E-state index >= 15 is 0 Å². The Morgan fingerprint density at radius 3 is 2.52 bits per heavy atom. The summed E-state index contributed by atoms with van der Waals surface area (Å²) in [5.74, 6) is 1.96. The fraction of sp³-hybridized carbons (Fsp3) is 0.158.